The summed E-state index contributed by atoms with van der Waals surface area (Å²) in [5, 5.41) is 0. The molecule has 0 bridgehead atoms. The Bertz CT molecular complexity index is 497. The monoisotopic (exact) mass is 244 g/mol. The van der Waals surface area contributed by atoms with E-state index < -0.39 is 0 Å². The van der Waals surface area contributed by atoms with Crippen molar-refractivity contribution in [2.75, 3.05) is 25.1 Å². The van der Waals surface area contributed by atoms with Crippen LogP contribution in [0.3, 0.4) is 0 Å². The van der Waals surface area contributed by atoms with E-state index in [-0.39, 0.29) is 0 Å². The van der Waals surface area contributed by atoms with E-state index in [1.54, 1.807) is 14.2 Å². The van der Waals surface area contributed by atoms with Gasteiger partial charge < -0.3 is 14.9 Å². The highest BCUT2D eigenvalue weighted by atomic mass is 16.5. The number of para-hydroxylation sites is 2. The molecule has 0 aromatic heterocycles. The van der Waals surface area contributed by atoms with Crippen molar-refractivity contribution in [3.63, 3.8) is 0 Å². The molecule has 0 aliphatic heterocycles. The summed E-state index contributed by atoms with van der Waals surface area (Å²) < 4.78 is 10.3. The Morgan fingerprint density at radius 1 is 0.778 bits per heavy atom. The highest BCUT2D eigenvalue weighted by Crippen LogP contribution is 2.23. The van der Waals surface area contributed by atoms with Crippen LogP contribution < -0.4 is 20.3 Å². The fourth-order valence-corrected chi connectivity index (χ4v) is 1.56. The molecule has 0 unspecified atom stereocenters. The third kappa shape index (κ3) is 2.85. The molecule has 0 atom stereocenters. The molecule has 0 aliphatic carbocycles. The molecule has 0 aliphatic rings. The normalized spacial score (nSPS) is 9.67. The first-order chi connectivity index (χ1) is 8.83. The fraction of sp³-hybridized carbons (Fsp3) is 0.143. The van der Waals surface area contributed by atoms with E-state index in [4.69, 9.17) is 9.47 Å². The number of hydrazine groups is 1. The SMILES string of the molecule is COc1ccc(NNc2ccccc2OC)cc1. The second-order valence-electron chi connectivity index (χ2n) is 3.68. The molecule has 0 amide bonds. The van der Waals surface area contributed by atoms with Gasteiger partial charge in [0.25, 0.3) is 0 Å². The lowest BCUT2D eigenvalue weighted by atomic mass is 10.3. The van der Waals surface area contributed by atoms with Crippen LogP contribution in [-0.2, 0) is 0 Å². The Kier molecular flexibility index (Phi) is 3.91. The van der Waals surface area contributed by atoms with Crippen molar-refractivity contribution < 1.29 is 9.47 Å². The average Bonchev–Trinajstić information content (AvgIpc) is 2.46. The summed E-state index contributed by atoms with van der Waals surface area (Å²) in [6.07, 6.45) is 0. The lowest BCUT2D eigenvalue weighted by Crippen LogP contribution is -2.09. The molecule has 0 radical (unpaired) electrons. The van der Waals surface area contributed by atoms with Crippen molar-refractivity contribution in [1.82, 2.24) is 0 Å². The number of hydrogen-bond donors (Lipinski definition) is 2. The van der Waals surface area contributed by atoms with Gasteiger partial charge in [0, 0.05) is 0 Å². The van der Waals surface area contributed by atoms with Gasteiger partial charge in [0.1, 0.15) is 11.5 Å². The minimum atomic E-state index is 0.790. The molecular weight excluding hydrogens is 228 g/mol. The maximum Gasteiger partial charge on any atom is 0.143 e. The van der Waals surface area contributed by atoms with Gasteiger partial charge in [-0.15, -0.1) is 0 Å². The summed E-state index contributed by atoms with van der Waals surface area (Å²) in [5.74, 6) is 1.62. The van der Waals surface area contributed by atoms with E-state index in [1.807, 2.05) is 48.5 Å². The molecule has 4 nitrogen and oxygen atoms in total. The van der Waals surface area contributed by atoms with Gasteiger partial charge in [0.15, 0.2) is 0 Å². The molecular formula is C14H16N2O2. The molecule has 94 valence electrons. The quantitative estimate of drug-likeness (QED) is 0.793. The lowest BCUT2D eigenvalue weighted by molar-refractivity contribution is 0.415. The second-order valence-corrected chi connectivity index (χ2v) is 3.68. The fourth-order valence-electron chi connectivity index (χ4n) is 1.56. The molecule has 2 aromatic carbocycles. The first-order valence-corrected chi connectivity index (χ1v) is 5.62. The van der Waals surface area contributed by atoms with Gasteiger partial charge in [-0.3, -0.25) is 5.43 Å². The molecule has 18 heavy (non-hydrogen) atoms. The predicted octanol–water partition coefficient (Wildman–Crippen LogP) is 3.14. The summed E-state index contributed by atoms with van der Waals surface area (Å²) in [5.41, 5.74) is 8.03. The van der Waals surface area contributed by atoms with Crippen LogP contribution in [0.25, 0.3) is 0 Å². The third-order valence-corrected chi connectivity index (χ3v) is 2.54. The van der Waals surface area contributed by atoms with Gasteiger partial charge in [-0.25, -0.2) is 0 Å². The molecule has 2 N–H and O–H groups in total. The van der Waals surface area contributed by atoms with Crippen LogP contribution in [0.4, 0.5) is 11.4 Å². The van der Waals surface area contributed by atoms with Crippen LogP contribution in [0.5, 0.6) is 11.5 Å². The van der Waals surface area contributed by atoms with E-state index in [0.717, 1.165) is 22.9 Å². The zero-order chi connectivity index (χ0) is 12.8. The van der Waals surface area contributed by atoms with Crippen molar-refractivity contribution in [2.24, 2.45) is 0 Å². The average molecular weight is 244 g/mol. The highest BCUT2D eigenvalue weighted by molar-refractivity contribution is 5.60. The van der Waals surface area contributed by atoms with Crippen molar-refractivity contribution in [3.8, 4) is 11.5 Å². The topological polar surface area (TPSA) is 42.5 Å². The summed E-state index contributed by atoms with van der Waals surface area (Å²) in [6.45, 7) is 0. The zero-order valence-corrected chi connectivity index (χ0v) is 10.4. The molecule has 0 saturated carbocycles. The number of benzene rings is 2. The minimum absolute atomic E-state index is 0.790. The number of hydrogen-bond acceptors (Lipinski definition) is 4. The largest absolute Gasteiger partial charge is 0.497 e. The van der Waals surface area contributed by atoms with Gasteiger partial charge in [0.05, 0.1) is 25.6 Å². The highest BCUT2D eigenvalue weighted by Gasteiger charge is 2.00. The Labute approximate surface area is 107 Å². The lowest BCUT2D eigenvalue weighted by Gasteiger charge is -2.13. The van der Waals surface area contributed by atoms with E-state index in [0.29, 0.717) is 0 Å². The third-order valence-electron chi connectivity index (χ3n) is 2.54. The van der Waals surface area contributed by atoms with Gasteiger partial charge in [0.2, 0.25) is 0 Å². The molecule has 2 aromatic rings. The first-order valence-electron chi connectivity index (χ1n) is 5.62. The van der Waals surface area contributed by atoms with E-state index in [1.165, 1.54) is 0 Å². The van der Waals surface area contributed by atoms with E-state index in [9.17, 15) is 0 Å². The molecule has 0 fully saturated rings. The maximum atomic E-state index is 5.25. The molecule has 0 spiro atoms. The molecule has 0 heterocycles. The van der Waals surface area contributed by atoms with E-state index in [2.05, 4.69) is 10.9 Å². The van der Waals surface area contributed by atoms with Crippen molar-refractivity contribution in [3.05, 3.63) is 48.5 Å². The number of rotatable bonds is 5. The Balaban J connectivity index is 2.02. The zero-order valence-electron chi connectivity index (χ0n) is 10.4. The predicted molar refractivity (Wildman–Crippen MR) is 73.2 cm³/mol. The van der Waals surface area contributed by atoms with Crippen molar-refractivity contribution >= 4 is 11.4 Å². The minimum Gasteiger partial charge on any atom is -0.497 e. The maximum absolute atomic E-state index is 5.25. The van der Waals surface area contributed by atoms with Crippen LogP contribution in [0, 0.1) is 0 Å². The van der Waals surface area contributed by atoms with Crippen LogP contribution in [0.1, 0.15) is 0 Å². The van der Waals surface area contributed by atoms with Gasteiger partial charge >= 0.3 is 0 Å². The summed E-state index contributed by atoms with van der Waals surface area (Å²) in [4.78, 5) is 0. The van der Waals surface area contributed by atoms with Crippen molar-refractivity contribution in [2.45, 2.75) is 0 Å². The van der Waals surface area contributed by atoms with Crippen LogP contribution >= 0.6 is 0 Å². The van der Waals surface area contributed by atoms with Gasteiger partial charge in [-0.2, -0.15) is 0 Å². The molecule has 0 saturated heterocycles. The van der Waals surface area contributed by atoms with Gasteiger partial charge in [-0.05, 0) is 36.4 Å². The van der Waals surface area contributed by atoms with Crippen LogP contribution in [-0.4, -0.2) is 14.2 Å². The summed E-state index contributed by atoms with van der Waals surface area (Å²) >= 11 is 0. The molecule has 4 heteroatoms. The second kappa shape index (κ2) is 5.82. The Morgan fingerprint density at radius 3 is 2.17 bits per heavy atom. The number of anilines is 2. The Hall–Kier alpha value is -2.36. The number of methoxy groups -OCH3 is 2. The standard InChI is InChI=1S/C14H16N2O2/c1-17-12-9-7-11(8-10-12)15-16-13-5-3-4-6-14(13)18-2/h3-10,15-16H,1-2H3. The molecule has 2 rings (SSSR count). The first kappa shape index (κ1) is 12.1. The van der Waals surface area contributed by atoms with Crippen LogP contribution in [0.2, 0.25) is 0 Å². The van der Waals surface area contributed by atoms with Crippen molar-refractivity contribution in [1.29, 1.82) is 0 Å². The summed E-state index contributed by atoms with van der Waals surface area (Å²) in [7, 11) is 3.30. The van der Waals surface area contributed by atoms with Gasteiger partial charge in [-0.1, -0.05) is 12.1 Å². The number of nitrogens with one attached hydrogen (secondary N) is 2. The van der Waals surface area contributed by atoms with E-state index >= 15 is 0 Å². The smallest absolute Gasteiger partial charge is 0.143 e. The number of ether oxygens (including phenoxy) is 2. The Morgan fingerprint density at radius 2 is 1.50 bits per heavy atom. The van der Waals surface area contributed by atoms with Crippen LogP contribution in [0.15, 0.2) is 48.5 Å². The summed E-state index contributed by atoms with van der Waals surface area (Å²) in [6, 6.07) is 15.4.